The third-order valence-electron chi connectivity index (χ3n) is 6.92. The Balaban J connectivity index is 1.95. The van der Waals surface area contributed by atoms with Crippen LogP contribution in [0.4, 0.5) is 11.4 Å². The first-order valence-electron chi connectivity index (χ1n) is 11.6. The molecular weight excluding hydrogens is 546 g/mol. The van der Waals surface area contributed by atoms with Crippen LogP contribution in [0.5, 0.6) is 0 Å². The molecule has 0 fully saturated rings. The van der Waals surface area contributed by atoms with Crippen LogP contribution in [0.25, 0.3) is 0 Å². The number of hydrogen-bond donors (Lipinski definition) is 2. The molecule has 0 saturated heterocycles. The van der Waals surface area contributed by atoms with Gasteiger partial charge in [0.25, 0.3) is 0 Å². The van der Waals surface area contributed by atoms with Crippen LogP contribution in [0.3, 0.4) is 0 Å². The topological polar surface area (TPSA) is 102 Å². The molecule has 9 heteroatoms. The van der Waals surface area contributed by atoms with Crippen molar-refractivity contribution in [3.63, 3.8) is 0 Å². The molecule has 186 valence electrons. The molecule has 1 atom stereocenters. The van der Waals surface area contributed by atoms with E-state index < -0.39 is 22.7 Å². The Morgan fingerprint density at radius 3 is 2.61 bits per heavy atom. The Labute approximate surface area is 222 Å². The predicted octanol–water partition coefficient (Wildman–Crippen LogP) is 5.19. The Hall–Kier alpha value is -3.10. The van der Waals surface area contributed by atoms with Crippen LogP contribution in [0, 0.1) is 5.41 Å². The second-order valence-electron chi connectivity index (χ2n) is 9.92. The van der Waals surface area contributed by atoms with Crippen LogP contribution >= 0.6 is 27.5 Å². The molecule has 2 aromatic rings. The number of ketones is 1. The van der Waals surface area contributed by atoms with Crippen molar-refractivity contribution in [2.45, 2.75) is 39.0 Å². The zero-order chi connectivity index (χ0) is 26.0. The minimum Gasteiger partial charge on any atom is -0.462 e. The molecule has 5 rings (SSSR count). The molecule has 3 N–H and O–H groups in total. The van der Waals surface area contributed by atoms with Crippen LogP contribution in [0.1, 0.15) is 39.2 Å². The summed E-state index contributed by atoms with van der Waals surface area (Å²) in [5.74, 6) is -1.49. The van der Waals surface area contributed by atoms with Gasteiger partial charge in [-0.15, -0.1) is 0 Å². The van der Waals surface area contributed by atoms with Gasteiger partial charge in [0, 0.05) is 38.4 Å². The molecule has 0 radical (unpaired) electrons. The summed E-state index contributed by atoms with van der Waals surface area (Å²) in [6.45, 7) is 5.74. The third-order valence-corrected chi connectivity index (χ3v) is 7.82. The van der Waals surface area contributed by atoms with Crippen molar-refractivity contribution in [3.8, 4) is 0 Å². The van der Waals surface area contributed by atoms with Gasteiger partial charge in [0.2, 0.25) is 5.91 Å². The molecule has 1 spiro atoms. The van der Waals surface area contributed by atoms with E-state index in [4.69, 9.17) is 22.1 Å². The first-order valence-corrected chi connectivity index (χ1v) is 12.8. The molecule has 0 saturated carbocycles. The highest BCUT2D eigenvalue weighted by Gasteiger charge is 2.63. The number of carbonyl (C=O) groups excluding carboxylic acids is 3. The van der Waals surface area contributed by atoms with E-state index in [1.54, 1.807) is 30.0 Å². The SMILES string of the molecule is CCOC(=O)C1=C(N)N(c2ccccc2Br)C2=C(C(=O)CC(C)(C)C2)C12C(=O)Nc1ccc(Cl)cc12. The number of para-hydroxylation sites is 1. The number of anilines is 2. The van der Waals surface area contributed by atoms with E-state index in [1.165, 1.54) is 0 Å². The van der Waals surface area contributed by atoms with Crippen molar-refractivity contribution in [2.75, 3.05) is 16.8 Å². The average Bonchev–Trinajstić information content (AvgIpc) is 3.05. The first kappa shape index (κ1) is 24.6. The lowest BCUT2D eigenvalue weighted by atomic mass is 9.60. The summed E-state index contributed by atoms with van der Waals surface area (Å²) in [7, 11) is 0. The molecule has 7 nitrogen and oxygen atoms in total. The maximum absolute atomic E-state index is 14.0. The monoisotopic (exact) mass is 569 g/mol. The Kier molecular flexibility index (Phi) is 5.80. The molecule has 3 aliphatic rings. The Bertz CT molecular complexity index is 1410. The normalized spacial score (nSPS) is 22.5. The number of hydrogen-bond acceptors (Lipinski definition) is 6. The van der Waals surface area contributed by atoms with Crippen molar-refractivity contribution in [2.24, 2.45) is 11.1 Å². The lowest BCUT2D eigenvalue weighted by Crippen LogP contribution is -2.54. The average molecular weight is 571 g/mol. The van der Waals surface area contributed by atoms with E-state index in [9.17, 15) is 14.4 Å². The number of allylic oxidation sites excluding steroid dienone is 1. The van der Waals surface area contributed by atoms with E-state index >= 15 is 0 Å². The fourth-order valence-corrected chi connectivity index (χ4v) is 6.25. The van der Waals surface area contributed by atoms with Crippen LogP contribution < -0.4 is 16.0 Å². The van der Waals surface area contributed by atoms with Gasteiger partial charge in [-0.25, -0.2) is 4.79 Å². The highest BCUT2D eigenvalue weighted by molar-refractivity contribution is 9.10. The summed E-state index contributed by atoms with van der Waals surface area (Å²) in [6, 6.07) is 12.3. The number of ether oxygens (including phenoxy) is 1. The number of nitrogens with zero attached hydrogens (tertiary/aromatic N) is 1. The number of nitrogens with one attached hydrogen (secondary N) is 1. The molecule has 2 heterocycles. The molecular formula is C27H25BrClN3O4. The van der Waals surface area contributed by atoms with Gasteiger partial charge in [-0.1, -0.05) is 37.6 Å². The molecule has 1 aliphatic carbocycles. The number of halogens is 2. The summed E-state index contributed by atoms with van der Waals surface area (Å²) < 4.78 is 6.16. The molecule has 0 bridgehead atoms. The Morgan fingerprint density at radius 2 is 1.92 bits per heavy atom. The quantitative estimate of drug-likeness (QED) is 0.493. The third kappa shape index (κ3) is 3.42. The number of fused-ring (bicyclic) bond motifs is 3. The van der Waals surface area contributed by atoms with E-state index in [1.807, 2.05) is 38.1 Å². The number of amides is 1. The van der Waals surface area contributed by atoms with E-state index in [0.29, 0.717) is 38.6 Å². The number of esters is 1. The number of nitrogens with two attached hydrogens (primary N) is 1. The molecule has 0 aromatic heterocycles. The summed E-state index contributed by atoms with van der Waals surface area (Å²) in [5, 5.41) is 3.23. The fraction of sp³-hybridized carbons (Fsp3) is 0.296. The van der Waals surface area contributed by atoms with Gasteiger partial charge in [0.05, 0.1) is 12.3 Å². The maximum atomic E-state index is 14.0. The molecule has 1 unspecified atom stereocenters. The standard InChI is InChI=1S/C27H25BrClN3O4/c1-4-36-24(34)22-23(30)32(18-8-6-5-7-16(18)28)19-12-26(2,3)13-20(33)21(19)27(22)15-11-14(29)9-10-17(15)31-25(27)35/h5-11H,4,12-13,30H2,1-3H3,(H,31,35). The summed E-state index contributed by atoms with van der Waals surface area (Å²) in [4.78, 5) is 43.4. The summed E-state index contributed by atoms with van der Waals surface area (Å²) in [5.41, 5.74) is 6.91. The smallest absolute Gasteiger partial charge is 0.339 e. The zero-order valence-electron chi connectivity index (χ0n) is 20.1. The van der Waals surface area contributed by atoms with E-state index in [0.717, 1.165) is 0 Å². The van der Waals surface area contributed by atoms with Crippen molar-refractivity contribution >= 4 is 56.6 Å². The fourth-order valence-electron chi connectivity index (χ4n) is 5.62. The van der Waals surface area contributed by atoms with Gasteiger partial charge in [0.15, 0.2) is 5.78 Å². The molecule has 2 aliphatic heterocycles. The predicted molar refractivity (Wildman–Crippen MR) is 141 cm³/mol. The minimum atomic E-state index is -1.78. The molecule has 2 aromatic carbocycles. The minimum absolute atomic E-state index is 0.0348. The summed E-state index contributed by atoms with van der Waals surface area (Å²) >= 11 is 9.97. The van der Waals surface area contributed by atoms with E-state index in [-0.39, 0.29) is 35.8 Å². The lowest BCUT2D eigenvalue weighted by molar-refractivity contribution is -0.140. The number of Topliss-reactive ketones (excluding diaryl/α,β-unsaturated/α-hetero) is 1. The van der Waals surface area contributed by atoms with Gasteiger partial charge in [0.1, 0.15) is 16.8 Å². The largest absolute Gasteiger partial charge is 0.462 e. The van der Waals surface area contributed by atoms with Crippen LogP contribution in [0.2, 0.25) is 5.02 Å². The van der Waals surface area contributed by atoms with Gasteiger partial charge in [-0.2, -0.15) is 0 Å². The second kappa shape index (κ2) is 8.49. The van der Waals surface area contributed by atoms with Crippen molar-refractivity contribution in [1.29, 1.82) is 0 Å². The highest BCUT2D eigenvalue weighted by Crippen LogP contribution is 2.58. The lowest BCUT2D eigenvalue weighted by Gasteiger charge is -2.47. The Morgan fingerprint density at radius 1 is 1.19 bits per heavy atom. The van der Waals surface area contributed by atoms with Gasteiger partial charge in [-0.05, 0) is 65.0 Å². The van der Waals surface area contributed by atoms with Gasteiger partial charge < -0.3 is 15.8 Å². The highest BCUT2D eigenvalue weighted by atomic mass is 79.9. The number of benzene rings is 2. The zero-order valence-corrected chi connectivity index (χ0v) is 22.4. The van der Waals surface area contributed by atoms with E-state index in [2.05, 4.69) is 21.2 Å². The number of rotatable bonds is 3. The van der Waals surface area contributed by atoms with Crippen LogP contribution in [-0.4, -0.2) is 24.3 Å². The van der Waals surface area contributed by atoms with Crippen LogP contribution in [0.15, 0.2) is 69.6 Å². The van der Waals surface area contributed by atoms with Crippen molar-refractivity contribution in [1.82, 2.24) is 0 Å². The number of carbonyl (C=O) groups is 3. The summed E-state index contributed by atoms with van der Waals surface area (Å²) in [6.07, 6.45) is 0.660. The van der Waals surface area contributed by atoms with Crippen molar-refractivity contribution < 1.29 is 19.1 Å². The first-order chi connectivity index (χ1) is 17.0. The van der Waals surface area contributed by atoms with Gasteiger partial charge >= 0.3 is 5.97 Å². The van der Waals surface area contributed by atoms with Gasteiger partial charge in [-0.3, -0.25) is 14.5 Å². The maximum Gasteiger partial charge on any atom is 0.339 e. The van der Waals surface area contributed by atoms with Crippen molar-refractivity contribution in [3.05, 3.63) is 80.2 Å². The van der Waals surface area contributed by atoms with Crippen LogP contribution in [-0.2, 0) is 24.5 Å². The molecule has 1 amide bonds. The second-order valence-corrected chi connectivity index (χ2v) is 11.2. The molecule has 36 heavy (non-hydrogen) atoms.